The summed E-state index contributed by atoms with van der Waals surface area (Å²) in [6.07, 6.45) is 1.33. The number of rotatable bonds is 2. The Balaban J connectivity index is 0.00000109. The van der Waals surface area contributed by atoms with Crippen molar-refractivity contribution < 1.29 is 17.8 Å². The van der Waals surface area contributed by atoms with Gasteiger partial charge in [0.2, 0.25) is 5.16 Å². The Labute approximate surface area is 150 Å². The quantitative estimate of drug-likeness (QED) is 0.630. The van der Waals surface area contributed by atoms with E-state index in [1.807, 2.05) is 13.8 Å². The van der Waals surface area contributed by atoms with E-state index in [1.165, 1.54) is 12.3 Å². The highest BCUT2D eigenvalue weighted by atomic mass is 35.5. The van der Waals surface area contributed by atoms with Gasteiger partial charge >= 0.3 is 6.03 Å². The first-order chi connectivity index (χ1) is 11.9. The molecule has 0 bridgehead atoms. The largest absolute Gasteiger partial charge is 0.333 e. The molecular weight excluding hydrogens is 374 g/mol. The smallest absolute Gasteiger partial charge is 0.328 e. The van der Waals surface area contributed by atoms with E-state index in [-0.39, 0.29) is 28.2 Å². The molecule has 1 aliphatic heterocycles. The number of hydrogen-bond donors (Lipinski definition) is 1. The van der Waals surface area contributed by atoms with Gasteiger partial charge in [-0.15, -0.1) is 0 Å². The number of nitrogens with one attached hydrogen (secondary N) is 1. The molecule has 6 nitrogen and oxygen atoms in total. The van der Waals surface area contributed by atoms with Gasteiger partial charge in [0.25, 0.3) is 0 Å². The van der Waals surface area contributed by atoms with Crippen molar-refractivity contribution in [1.29, 1.82) is 0 Å². The first-order valence-electron chi connectivity index (χ1n) is 7.32. The summed E-state index contributed by atoms with van der Waals surface area (Å²) in [6.45, 7) is 4.00. The fourth-order valence-electron chi connectivity index (χ4n) is 2.14. The van der Waals surface area contributed by atoms with Crippen molar-refractivity contribution in [2.75, 3.05) is 11.2 Å². The van der Waals surface area contributed by atoms with E-state index in [1.54, 1.807) is 0 Å². The van der Waals surface area contributed by atoms with Gasteiger partial charge < -0.3 is 5.32 Å². The number of halogens is 3. The third kappa shape index (κ3) is 3.62. The van der Waals surface area contributed by atoms with Crippen LogP contribution in [0.4, 0.5) is 25.1 Å². The van der Waals surface area contributed by atoms with Gasteiger partial charge in [-0.25, -0.2) is 28.4 Å². The number of urea groups is 1. The lowest BCUT2D eigenvalue weighted by Crippen LogP contribution is -2.43. The number of amides is 2. The number of fused-ring (bicyclic) bond motifs is 1. The van der Waals surface area contributed by atoms with E-state index in [4.69, 9.17) is 11.6 Å². The van der Waals surface area contributed by atoms with Crippen molar-refractivity contribution >= 4 is 39.9 Å². The Morgan fingerprint density at radius 2 is 1.84 bits per heavy atom. The van der Waals surface area contributed by atoms with E-state index < -0.39 is 34.2 Å². The summed E-state index contributed by atoms with van der Waals surface area (Å²) in [5.41, 5.74) is -0.309. The molecule has 1 N–H and O–H groups in total. The van der Waals surface area contributed by atoms with Crippen LogP contribution in [0.1, 0.15) is 19.4 Å². The molecule has 1 aliphatic rings. The molecule has 1 unspecified atom stereocenters. The van der Waals surface area contributed by atoms with E-state index >= 15 is 0 Å². The fourth-order valence-corrected chi connectivity index (χ4v) is 2.86. The van der Waals surface area contributed by atoms with E-state index in [9.17, 15) is 17.8 Å². The minimum Gasteiger partial charge on any atom is -0.333 e. The number of carbonyl (C=O) groups excluding carboxylic acids is 1. The molecule has 1 atom stereocenters. The molecule has 10 heteroatoms. The molecule has 0 aliphatic carbocycles. The molecule has 1 aromatic carbocycles. The molecular formula is C15H15ClF2N4O2S. The predicted octanol–water partition coefficient (Wildman–Crippen LogP) is 3.53. The van der Waals surface area contributed by atoms with Gasteiger partial charge in [-0.3, -0.25) is 4.21 Å². The van der Waals surface area contributed by atoms with Crippen molar-refractivity contribution in [2.45, 2.75) is 25.5 Å². The van der Waals surface area contributed by atoms with Crippen LogP contribution in [0, 0.1) is 11.6 Å². The number of anilines is 2. The maximum absolute atomic E-state index is 14.1. The summed E-state index contributed by atoms with van der Waals surface area (Å²) in [6, 6.07) is 2.43. The second-order valence-corrected chi connectivity index (χ2v) is 6.25. The molecule has 1 aromatic heterocycles. The van der Waals surface area contributed by atoms with Crippen LogP contribution in [-0.2, 0) is 17.3 Å². The zero-order chi connectivity index (χ0) is 18.7. The van der Waals surface area contributed by atoms with Crippen LogP contribution in [0.25, 0.3) is 0 Å². The molecule has 0 radical (unpaired) electrons. The van der Waals surface area contributed by atoms with Crippen LogP contribution in [0.3, 0.4) is 0 Å². The van der Waals surface area contributed by atoms with Crippen LogP contribution in [0.15, 0.2) is 23.4 Å². The zero-order valence-electron chi connectivity index (χ0n) is 13.6. The van der Waals surface area contributed by atoms with Gasteiger partial charge in [0.15, 0.2) is 5.82 Å². The van der Waals surface area contributed by atoms with Gasteiger partial charge in [0, 0.05) is 6.26 Å². The summed E-state index contributed by atoms with van der Waals surface area (Å²) in [7, 11) is -1.58. The van der Waals surface area contributed by atoms with Crippen LogP contribution in [-0.4, -0.2) is 26.5 Å². The average molecular weight is 389 g/mol. The molecule has 0 spiro atoms. The number of para-hydroxylation sites is 1. The monoisotopic (exact) mass is 388 g/mol. The summed E-state index contributed by atoms with van der Waals surface area (Å²) in [5, 5.41) is 2.27. The van der Waals surface area contributed by atoms with Crippen molar-refractivity contribution in [3.05, 3.63) is 40.6 Å². The number of nitrogens with zero attached hydrogens (tertiary/aromatic N) is 3. The van der Waals surface area contributed by atoms with E-state index in [0.29, 0.717) is 0 Å². The van der Waals surface area contributed by atoms with Gasteiger partial charge in [0.05, 0.1) is 22.9 Å². The normalized spacial score (nSPS) is 14.2. The Bertz CT molecular complexity index is 830. The predicted molar refractivity (Wildman–Crippen MR) is 91.5 cm³/mol. The second kappa shape index (κ2) is 7.83. The van der Waals surface area contributed by atoms with Gasteiger partial charge in [-0.05, 0) is 12.1 Å². The molecule has 2 heterocycles. The molecule has 134 valence electrons. The molecule has 0 saturated carbocycles. The van der Waals surface area contributed by atoms with Gasteiger partial charge in [-0.2, -0.15) is 0 Å². The zero-order valence-corrected chi connectivity index (χ0v) is 15.2. The van der Waals surface area contributed by atoms with Crippen LogP contribution in [0.2, 0.25) is 5.15 Å². The van der Waals surface area contributed by atoms with Crippen molar-refractivity contribution in [3.8, 4) is 0 Å². The van der Waals surface area contributed by atoms with Crippen molar-refractivity contribution in [3.63, 3.8) is 0 Å². The van der Waals surface area contributed by atoms with E-state index in [0.717, 1.165) is 17.0 Å². The maximum atomic E-state index is 14.1. The topological polar surface area (TPSA) is 75.2 Å². The Hall–Kier alpha value is -2.13. The van der Waals surface area contributed by atoms with Gasteiger partial charge in [0.1, 0.15) is 22.5 Å². The first-order valence-corrected chi connectivity index (χ1v) is 9.25. The summed E-state index contributed by atoms with van der Waals surface area (Å²) < 4.78 is 39.7. The van der Waals surface area contributed by atoms with Crippen molar-refractivity contribution in [1.82, 2.24) is 15.3 Å². The summed E-state index contributed by atoms with van der Waals surface area (Å²) in [4.78, 5) is 20.8. The third-order valence-corrected chi connectivity index (χ3v) is 4.17. The third-order valence-electron chi connectivity index (χ3n) is 3.16. The lowest BCUT2D eigenvalue weighted by molar-refractivity contribution is 0.246. The van der Waals surface area contributed by atoms with Crippen LogP contribution in [0.5, 0.6) is 0 Å². The lowest BCUT2D eigenvalue weighted by atomic mass is 10.2. The fraction of sp³-hybridized carbons (Fsp3) is 0.267. The minimum atomic E-state index is -1.58. The van der Waals surface area contributed by atoms with E-state index in [2.05, 4.69) is 15.3 Å². The molecule has 25 heavy (non-hydrogen) atoms. The molecule has 0 fully saturated rings. The molecule has 2 amide bonds. The minimum absolute atomic E-state index is 0.00377. The highest BCUT2D eigenvalue weighted by Gasteiger charge is 2.33. The highest BCUT2D eigenvalue weighted by Crippen LogP contribution is 2.36. The second-order valence-electron chi connectivity index (χ2n) is 4.62. The Morgan fingerprint density at radius 1 is 1.24 bits per heavy atom. The maximum Gasteiger partial charge on any atom is 0.328 e. The number of benzene rings is 1. The SMILES string of the molecule is CC.CS(=O)c1nc(Cl)c2c(n1)N(c1c(F)cccc1F)C(=O)NC2. The summed E-state index contributed by atoms with van der Waals surface area (Å²) >= 11 is 6.02. The standard InChI is InChI=1S/C13H9ClF2N4O2S.C2H6/c1-23(22)12-18-10(14)6-5-17-13(21)20(11(6)19-12)9-7(15)3-2-4-8(9)16;1-2/h2-4H,5H2,1H3,(H,17,21);1-2H3. The van der Waals surface area contributed by atoms with Crippen molar-refractivity contribution in [2.24, 2.45) is 0 Å². The first kappa shape index (κ1) is 19.2. The van der Waals surface area contributed by atoms with Crippen LogP contribution >= 0.6 is 11.6 Å². The number of carbonyl (C=O) groups is 1. The Morgan fingerprint density at radius 3 is 2.40 bits per heavy atom. The number of hydrogen-bond acceptors (Lipinski definition) is 4. The summed E-state index contributed by atoms with van der Waals surface area (Å²) in [5.74, 6) is -1.98. The molecule has 0 saturated heterocycles. The van der Waals surface area contributed by atoms with Gasteiger partial charge in [-0.1, -0.05) is 31.5 Å². The van der Waals surface area contributed by atoms with Crippen LogP contribution < -0.4 is 10.2 Å². The lowest BCUT2D eigenvalue weighted by Gasteiger charge is -2.29. The number of aromatic nitrogens is 2. The highest BCUT2D eigenvalue weighted by molar-refractivity contribution is 7.84. The Kier molecular flexibility index (Phi) is 6.02. The molecule has 2 aromatic rings. The molecule has 3 rings (SSSR count). The average Bonchev–Trinajstić information content (AvgIpc) is 2.58.